The zero-order valence-electron chi connectivity index (χ0n) is 52.1. The number of hydrogen-bond donors (Lipinski definition) is 0. The molecule has 551 valence electrons. The third-order valence-corrected chi connectivity index (χ3v) is 12.4. The van der Waals surface area contributed by atoms with Gasteiger partial charge in [-0.25, -0.2) is 0 Å². The second-order valence-electron chi connectivity index (χ2n) is 20.3. The first-order valence-corrected chi connectivity index (χ1v) is 27.0. The van der Waals surface area contributed by atoms with Crippen molar-refractivity contribution in [2.24, 2.45) is 0 Å². The quantitative estimate of drug-likeness (QED) is 0.121. The molecule has 0 fully saturated rings. The fraction of sp³-hybridized carbons (Fsp3) is 0.231. The number of rotatable bonds is 5. The smallest absolute Gasteiger partial charge is 0.344 e. The van der Waals surface area contributed by atoms with E-state index in [2.05, 4.69) is 74.1 Å². The summed E-state index contributed by atoms with van der Waals surface area (Å²) in [5.41, 5.74) is -0.587. The first kappa shape index (κ1) is 92.3. The molecule has 0 bridgehead atoms. The maximum Gasteiger partial charge on any atom is 0.421 e. The fourth-order valence-corrected chi connectivity index (χ4v) is 7.99. The Bertz CT molecular complexity index is 4220. The van der Waals surface area contributed by atoms with Gasteiger partial charge in [-0.05, 0) is 110 Å². The topological polar surface area (TPSA) is 129 Å². The van der Waals surface area contributed by atoms with Crippen LogP contribution in [0, 0.1) is 85.7 Å². The summed E-state index contributed by atoms with van der Waals surface area (Å²) >= 11 is 0. The molecule has 0 amide bonds. The molecule has 0 N–H and O–H groups in total. The van der Waals surface area contributed by atoms with E-state index in [1.54, 1.807) is 42.7 Å². The molecule has 10 rings (SSSR count). The van der Waals surface area contributed by atoms with Crippen molar-refractivity contribution < 1.29 is 193 Å². The number of alkyl halides is 21. The van der Waals surface area contributed by atoms with Crippen molar-refractivity contribution in [3.05, 3.63) is 237 Å². The molecule has 10 aromatic rings. The molecule has 0 aromatic carbocycles. The monoisotopic (exact) mass is 2330 g/mol. The van der Waals surface area contributed by atoms with E-state index in [-0.39, 0.29) is 146 Å². The fourth-order valence-electron chi connectivity index (χ4n) is 7.99. The zero-order valence-corrected chi connectivity index (χ0v) is 64.1. The predicted octanol–water partition coefficient (Wildman–Crippen LogP) is 19.3. The van der Waals surface area contributed by atoms with Gasteiger partial charge in [0.25, 0.3) is 0 Å². The number of nitrogens with zero attached hydrogens (tertiary/aromatic N) is 10. The third kappa shape index (κ3) is 27.4. The van der Waals surface area contributed by atoms with Gasteiger partial charge in [-0.1, -0.05) is 80.4 Å². The zero-order chi connectivity index (χ0) is 71.7. The van der Waals surface area contributed by atoms with E-state index < -0.39 is 82.8 Å². The van der Waals surface area contributed by atoms with Gasteiger partial charge in [-0.3, -0.25) is 9.97 Å². The Balaban J connectivity index is 0.000000625. The van der Waals surface area contributed by atoms with Gasteiger partial charge in [0.15, 0.2) is 0 Å². The molecule has 0 aliphatic rings. The van der Waals surface area contributed by atoms with E-state index in [0.29, 0.717) is 57.9 Å². The summed E-state index contributed by atoms with van der Waals surface area (Å²) in [7, 11) is 0. The molecule has 10 nitrogen and oxygen atoms in total. The minimum atomic E-state index is -4.69. The molecular formula is C65H44F21Ir5N10-5. The van der Waals surface area contributed by atoms with E-state index in [4.69, 9.17) is 0 Å². The van der Waals surface area contributed by atoms with Crippen LogP contribution in [0.1, 0.15) is 84.9 Å². The van der Waals surface area contributed by atoms with Gasteiger partial charge in [-0.2, -0.15) is 103 Å². The minimum Gasteiger partial charge on any atom is -0.344 e. The van der Waals surface area contributed by atoms with Crippen molar-refractivity contribution in [3.63, 3.8) is 0 Å². The van der Waals surface area contributed by atoms with E-state index in [9.17, 15) is 92.2 Å². The van der Waals surface area contributed by atoms with Crippen LogP contribution in [-0.4, -0.2) is 49.8 Å². The van der Waals surface area contributed by atoms with E-state index in [0.717, 1.165) is 53.2 Å². The molecule has 10 heterocycles. The van der Waals surface area contributed by atoms with Gasteiger partial charge in [0.05, 0.1) is 39.6 Å². The van der Waals surface area contributed by atoms with Crippen molar-refractivity contribution in [2.45, 2.75) is 98.6 Å². The first-order chi connectivity index (χ1) is 44.3. The molecule has 10 aromatic heterocycles. The molecule has 0 saturated carbocycles. The molecule has 36 heteroatoms. The van der Waals surface area contributed by atoms with Crippen LogP contribution in [0.3, 0.4) is 0 Å². The largest absolute Gasteiger partial charge is 0.421 e. The Kier molecular flexibility index (Phi) is 34.4. The van der Waals surface area contributed by atoms with Crippen molar-refractivity contribution in [2.75, 3.05) is 0 Å². The first-order valence-electron chi connectivity index (χ1n) is 27.0. The molecule has 0 unspecified atom stereocenters. The number of pyridine rings is 10. The van der Waals surface area contributed by atoms with Crippen LogP contribution in [0.2, 0.25) is 0 Å². The molecule has 0 spiro atoms. The SMILES string of the molecule is Cc1cc(-c2ccc(C(F)(F)F)cn2)[c-]c(C(F)(F)F)n1.Cc1cccc(-c2[c-]cc(C(F)(F)F)nc2C)n1.Cc1ccnc(-c2[c-]c(C(F)(F)F)nc(C)c2)c1.Cc1ccnc(-c2[c-]cc(C(F)(F)F)nc2C)c1.Cc1nc(C(F)(F)F)c[c-]c1-c1ccc(C(F)(F)F)cn1.[Ir].[Ir].[Ir].[Ir].[Ir]. The number of aromatic nitrogens is 10. The molecule has 101 heavy (non-hydrogen) atoms. The molecule has 0 aliphatic carbocycles. The van der Waals surface area contributed by atoms with E-state index >= 15 is 0 Å². The van der Waals surface area contributed by atoms with Crippen molar-refractivity contribution >= 4 is 0 Å². The second-order valence-corrected chi connectivity index (χ2v) is 20.3. The van der Waals surface area contributed by atoms with Gasteiger partial charge >= 0.3 is 43.2 Å². The van der Waals surface area contributed by atoms with Crippen LogP contribution in [0.25, 0.3) is 56.3 Å². The van der Waals surface area contributed by atoms with E-state index in [1.807, 2.05) is 39.0 Å². The Morgan fingerprint density at radius 2 is 0.644 bits per heavy atom. The van der Waals surface area contributed by atoms with Crippen LogP contribution in [0.5, 0.6) is 0 Å². The summed E-state index contributed by atoms with van der Waals surface area (Å²) < 4.78 is 262. The summed E-state index contributed by atoms with van der Waals surface area (Å²) in [6.07, 6.45) is -27.4. The normalized spacial score (nSPS) is 11.4. The van der Waals surface area contributed by atoms with Gasteiger partial charge in [0.2, 0.25) is 0 Å². The van der Waals surface area contributed by atoms with Crippen molar-refractivity contribution in [3.8, 4) is 56.3 Å². The molecular weight excluding hydrogens is 2280 g/mol. The summed E-state index contributed by atoms with van der Waals surface area (Å²) in [5.74, 6) is 0. The van der Waals surface area contributed by atoms with Crippen LogP contribution in [-0.2, 0) is 144 Å². The average Bonchev–Trinajstić information content (AvgIpc) is 0.836. The molecule has 0 aliphatic heterocycles. The Hall–Kier alpha value is -6.72. The van der Waals surface area contributed by atoms with Gasteiger partial charge < -0.3 is 39.9 Å². The molecule has 5 radical (unpaired) electrons. The van der Waals surface area contributed by atoms with Gasteiger partial charge in [0, 0.05) is 131 Å². The summed E-state index contributed by atoms with van der Waals surface area (Å²) in [5, 5.41) is 0. The minimum absolute atomic E-state index is 0. The van der Waals surface area contributed by atoms with E-state index in [1.165, 1.54) is 46.8 Å². The number of halogens is 21. The second kappa shape index (κ2) is 37.6. The Labute approximate surface area is 630 Å². The standard InChI is InChI=1S/2C13H7F6N2.3C13H10F3N2.5Ir/c1-7-9(3-5-11(21-7)13(17,18)19)10-4-2-8(6-20-10)12(14,15)16;1-7-4-8(5-11(21-7)13(17,18)19)10-3-2-9(6-20-10)12(14,15)16;1-8-3-4-17-11(5-8)10-6-9(2)18-12(7-10)13(14,15)16;1-8-5-6-17-11(7-8)10-3-4-12(13(14,15)16)18-9(10)2;1-8-4-3-5-11(17-8)10-6-7-12(13(14,15)16)18-9(10)2;;;;;/h2,4-6H,1H3;2-4,6H,1H3;3-6H,1-2H3;4-7H,1-2H3;3-5,7H,1-2H3;;;;;/q5*-1;;;;;. The number of aryl methyl sites for hydroxylation is 8. The number of hydrogen-bond acceptors (Lipinski definition) is 10. The van der Waals surface area contributed by atoms with Crippen LogP contribution >= 0.6 is 0 Å². The Morgan fingerprint density at radius 3 is 0.970 bits per heavy atom. The maximum absolute atomic E-state index is 12.6. The van der Waals surface area contributed by atoms with Crippen molar-refractivity contribution in [1.82, 2.24) is 49.8 Å². The molecule has 0 atom stereocenters. The molecule has 0 saturated heterocycles. The predicted molar refractivity (Wildman–Crippen MR) is 304 cm³/mol. The van der Waals surface area contributed by atoms with Crippen LogP contribution < -0.4 is 0 Å². The summed E-state index contributed by atoms with van der Waals surface area (Å²) in [4.78, 5) is 36.8. The summed E-state index contributed by atoms with van der Waals surface area (Å²) in [6.45, 7) is 12.8. The van der Waals surface area contributed by atoms with Crippen LogP contribution in [0.4, 0.5) is 92.2 Å². The van der Waals surface area contributed by atoms with Crippen molar-refractivity contribution in [1.29, 1.82) is 0 Å². The third-order valence-electron chi connectivity index (χ3n) is 12.4. The van der Waals surface area contributed by atoms with Gasteiger partial charge in [-0.15, -0.1) is 77.4 Å². The average molecular weight is 2330 g/mol. The van der Waals surface area contributed by atoms with Crippen LogP contribution in [0.15, 0.2) is 122 Å². The summed E-state index contributed by atoms with van der Waals surface area (Å²) in [6, 6.07) is 33.1. The Morgan fingerprint density at radius 1 is 0.297 bits per heavy atom. The van der Waals surface area contributed by atoms with Gasteiger partial charge in [0.1, 0.15) is 0 Å². The maximum atomic E-state index is 12.6.